The van der Waals surface area contributed by atoms with Gasteiger partial charge in [0.25, 0.3) is 5.91 Å². The van der Waals surface area contributed by atoms with Gasteiger partial charge >= 0.3 is 0 Å². The second-order valence-electron chi connectivity index (χ2n) is 5.58. The van der Waals surface area contributed by atoms with Crippen LogP contribution in [0.3, 0.4) is 0 Å². The predicted octanol–water partition coefficient (Wildman–Crippen LogP) is 3.25. The number of nitrogens with one attached hydrogen (secondary N) is 1. The lowest BCUT2D eigenvalue weighted by atomic mass is 10.0. The number of hydrogen-bond acceptors (Lipinski definition) is 2. The van der Waals surface area contributed by atoms with Crippen molar-refractivity contribution >= 4 is 11.6 Å². The van der Waals surface area contributed by atoms with E-state index in [4.69, 9.17) is 5.73 Å². The van der Waals surface area contributed by atoms with E-state index in [-0.39, 0.29) is 11.9 Å². The van der Waals surface area contributed by atoms with Crippen LogP contribution in [-0.4, -0.2) is 11.9 Å². The minimum Gasteiger partial charge on any atom is -0.399 e. The smallest absolute Gasteiger partial charge is 0.251 e. The van der Waals surface area contributed by atoms with E-state index in [2.05, 4.69) is 24.4 Å². The quantitative estimate of drug-likeness (QED) is 0.846. The molecule has 0 fully saturated rings. The van der Waals surface area contributed by atoms with Gasteiger partial charge in [0.15, 0.2) is 0 Å². The van der Waals surface area contributed by atoms with Crippen LogP contribution in [0.1, 0.15) is 34.0 Å². The third-order valence-corrected chi connectivity index (χ3v) is 3.66. The van der Waals surface area contributed by atoms with Gasteiger partial charge in [0.1, 0.15) is 0 Å². The van der Waals surface area contributed by atoms with Crippen LogP contribution in [-0.2, 0) is 6.42 Å². The lowest BCUT2D eigenvalue weighted by molar-refractivity contribution is 0.0939. The average molecular weight is 282 g/mol. The molecule has 110 valence electrons. The molecule has 2 aromatic rings. The molecule has 0 aliphatic rings. The molecule has 3 nitrogen and oxygen atoms in total. The van der Waals surface area contributed by atoms with Gasteiger partial charge in [0.05, 0.1) is 0 Å². The summed E-state index contributed by atoms with van der Waals surface area (Å²) in [6.07, 6.45) is 0.826. The third-order valence-electron chi connectivity index (χ3n) is 3.66. The lowest BCUT2D eigenvalue weighted by Crippen LogP contribution is -2.34. The van der Waals surface area contributed by atoms with Crippen LogP contribution in [0.2, 0.25) is 0 Å². The molecular weight excluding hydrogens is 260 g/mol. The normalized spacial score (nSPS) is 12.0. The number of nitrogens with two attached hydrogens (primary N) is 1. The molecule has 0 saturated heterocycles. The highest BCUT2D eigenvalue weighted by atomic mass is 16.1. The van der Waals surface area contributed by atoms with Crippen LogP contribution in [0.15, 0.2) is 42.5 Å². The topological polar surface area (TPSA) is 55.1 Å². The van der Waals surface area contributed by atoms with E-state index in [1.165, 1.54) is 11.1 Å². The Morgan fingerprint density at radius 1 is 1.14 bits per heavy atom. The summed E-state index contributed by atoms with van der Waals surface area (Å²) in [6, 6.07) is 13.7. The zero-order chi connectivity index (χ0) is 15.4. The maximum absolute atomic E-state index is 12.3. The maximum Gasteiger partial charge on any atom is 0.251 e. The SMILES string of the molecule is Cc1ccccc1CC(C)NC(=O)c1ccc(N)cc1C. The van der Waals surface area contributed by atoms with Gasteiger partial charge in [-0.2, -0.15) is 0 Å². The van der Waals surface area contributed by atoms with Crippen LogP contribution >= 0.6 is 0 Å². The van der Waals surface area contributed by atoms with Crippen molar-refractivity contribution < 1.29 is 4.79 Å². The number of carbonyl (C=O) groups excluding carboxylic acids is 1. The molecule has 0 heterocycles. The van der Waals surface area contributed by atoms with Crippen molar-refractivity contribution in [1.82, 2.24) is 5.32 Å². The van der Waals surface area contributed by atoms with E-state index in [1.54, 1.807) is 12.1 Å². The number of rotatable bonds is 4. The fraction of sp³-hybridized carbons (Fsp3) is 0.278. The van der Waals surface area contributed by atoms with Gasteiger partial charge in [-0.15, -0.1) is 0 Å². The zero-order valence-corrected chi connectivity index (χ0v) is 12.8. The molecule has 2 aromatic carbocycles. The largest absolute Gasteiger partial charge is 0.399 e. The first-order valence-electron chi connectivity index (χ1n) is 7.19. The Bertz CT molecular complexity index is 649. The van der Waals surface area contributed by atoms with Crippen molar-refractivity contribution in [3.8, 4) is 0 Å². The van der Waals surface area contributed by atoms with E-state index < -0.39 is 0 Å². The summed E-state index contributed by atoms with van der Waals surface area (Å²) in [6.45, 7) is 6.02. The molecule has 1 unspecified atom stereocenters. The molecule has 0 radical (unpaired) electrons. The standard InChI is InChI=1S/C18H22N2O/c1-12-6-4-5-7-15(12)11-14(3)20-18(21)17-9-8-16(19)10-13(17)2/h4-10,14H,11,19H2,1-3H3,(H,20,21). The molecule has 0 aliphatic heterocycles. The number of benzene rings is 2. The Morgan fingerprint density at radius 3 is 2.52 bits per heavy atom. The van der Waals surface area contributed by atoms with Crippen molar-refractivity contribution in [3.05, 3.63) is 64.7 Å². The maximum atomic E-state index is 12.3. The minimum absolute atomic E-state index is 0.0476. The first kappa shape index (κ1) is 15.1. The summed E-state index contributed by atoms with van der Waals surface area (Å²) < 4.78 is 0. The van der Waals surface area contributed by atoms with Crippen molar-refractivity contribution in [2.24, 2.45) is 0 Å². The predicted molar refractivity (Wildman–Crippen MR) is 87.4 cm³/mol. The van der Waals surface area contributed by atoms with Crippen LogP contribution in [0.5, 0.6) is 0 Å². The molecule has 0 saturated carbocycles. The highest BCUT2D eigenvalue weighted by Gasteiger charge is 2.13. The molecule has 1 amide bonds. The second kappa shape index (κ2) is 6.44. The van der Waals surface area contributed by atoms with E-state index in [0.29, 0.717) is 11.3 Å². The van der Waals surface area contributed by atoms with Crippen LogP contribution in [0, 0.1) is 13.8 Å². The fourth-order valence-electron chi connectivity index (χ4n) is 2.46. The molecule has 0 bridgehead atoms. The highest BCUT2D eigenvalue weighted by molar-refractivity contribution is 5.96. The van der Waals surface area contributed by atoms with Crippen molar-refractivity contribution in [2.75, 3.05) is 5.73 Å². The van der Waals surface area contributed by atoms with Crippen molar-refractivity contribution in [1.29, 1.82) is 0 Å². The summed E-state index contributed by atoms with van der Waals surface area (Å²) in [7, 11) is 0. The Labute approximate surface area is 126 Å². The number of aryl methyl sites for hydroxylation is 2. The molecule has 0 aliphatic carbocycles. The third kappa shape index (κ3) is 3.85. The zero-order valence-electron chi connectivity index (χ0n) is 12.8. The summed E-state index contributed by atoms with van der Waals surface area (Å²) >= 11 is 0. The molecular formula is C18H22N2O. The van der Waals surface area contributed by atoms with Gasteiger partial charge in [-0.3, -0.25) is 4.79 Å². The van der Waals surface area contributed by atoms with E-state index in [0.717, 1.165) is 12.0 Å². The van der Waals surface area contributed by atoms with Gasteiger partial charge < -0.3 is 11.1 Å². The van der Waals surface area contributed by atoms with Gasteiger partial charge in [0, 0.05) is 17.3 Å². The number of carbonyl (C=O) groups is 1. The highest BCUT2D eigenvalue weighted by Crippen LogP contribution is 2.14. The molecule has 1 atom stereocenters. The van der Waals surface area contributed by atoms with Crippen molar-refractivity contribution in [2.45, 2.75) is 33.2 Å². The van der Waals surface area contributed by atoms with Gasteiger partial charge in [-0.25, -0.2) is 0 Å². The van der Waals surface area contributed by atoms with E-state index >= 15 is 0 Å². The Hall–Kier alpha value is -2.29. The molecule has 21 heavy (non-hydrogen) atoms. The molecule has 0 spiro atoms. The van der Waals surface area contributed by atoms with Crippen LogP contribution < -0.4 is 11.1 Å². The monoisotopic (exact) mass is 282 g/mol. The summed E-state index contributed by atoms with van der Waals surface area (Å²) in [5.41, 5.74) is 10.5. The van der Waals surface area contributed by atoms with Gasteiger partial charge in [-0.05, 0) is 62.1 Å². The Kier molecular flexibility index (Phi) is 4.63. The fourth-order valence-corrected chi connectivity index (χ4v) is 2.46. The first-order valence-corrected chi connectivity index (χ1v) is 7.19. The Balaban J connectivity index is 2.04. The molecule has 3 N–H and O–H groups in total. The average Bonchev–Trinajstić information content (AvgIpc) is 2.41. The Morgan fingerprint density at radius 2 is 1.86 bits per heavy atom. The summed E-state index contributed by atoms with van der Waals surface area (Å²) in [5, 5.41) is 3.05. The second-order valence-corrected chi connectivity index (χ2v) is 5.58. The van der Waals surface area contributed by atoms with Gasteiger partial charge in [0.2, 0.25) is 0 Å². The number of nitrogen functional groups attached to an aromatic ring is 1. The van der Waals surface area contributed by atoms with Crippen molar-refractivity contribution in [3.63, 3.8) is 0 Å². The lowest BCUT2D eigenvalue weighted by Gasteiger charge is -2.16. The van der Waals surface area contributed by atoms with E-state index in [1.807, 2.05) is 32.0 Å². The summed E-state index contributed by atoms with van der Waals surface area (Å²) in [4.78, 5) is 12.3. The molecule has 2 rings (SSSR count). The minimum atomic E-state index is -0.0476. The van der Waals surface area contributed by atoms with E-state index in [9.17, 15) is 4.79 Å². The number of hydrogen-bond donors (Lipinski definition) is 2. The van der Waals surface area contributed by atoms with Crippen LogP contribution in [0.4, 0.5) is 5.69 Å². The van der Waals surface area contributed by atoms with Crippen LogP contribution in [0.25, 0.3) is 0 Å². The van der Waals surface area contributed by atoms with Gasteiger partial charge in [-0.1, -0.05) is 24.3 Å². The summed E-state index contributed by atoms with van der Waals surface area (Å²) in [5.74, 6) is -0.0476. The number of anilines is 1. The first-order chi connectivity index (χ1) is 9.97. The number of amides is 1. The molecule has 3 heteroatoms. The molecule has 0 aromatic heterocycles.